The lowest BCUT2D eigenvalue weighted by atomic mass is 9.61. The van der Waals surface area contributed by atoms with E-state index in [1.54, 1.807) is 0 Å². The van der Waals surface area contributed by atoms with Gasteiger partial charge in [-0.15, -0.1) is 0 Å². The molecule has 0 unspecified atom stereocenters. The van der Waals surface area contributed by atoms with Crippen molar-refractivity contribution in [1.82, 2.24) is 4.90 Å². The van der Waals surface area contributed by atoms with E-state index in [9.17, 15) is 4.79 Å². The predicted molar refractivity (Wildman–Crippen MR) is 116 cm³/mol. The number of nitrogens with zero attached hydrogens (tertiary/aromatic N) is 1. The number of rotatable bonds is 4. The molecule has 2 aliphatic rings. The number of carbonyl (C=O) groups excluding carboxylic acids is 1. The molecule has 0 bridgehead atoms. The first-order chi connectivity index (χ1) is 14.3. The molecular weight excluding hydrogens is 354 g/mol. The second kappa shape index (κ2) is 7.51. The number of hydrogen-bond donors (Lipinski definition) is 0. The molecule has 2 nitrogen and oxygen atoms in total. The van der Waals surface area contributed by atoms with Gasteiger partial charge in [-0.25, -0.2) is 0 Å². The minimum absolute atomic E-state index is 0.00667. The number of amides is 1. The predicted octanol–water partition coefficient (Wildman–Crippen LogP) is 5.57. The van der Waals surface area contributed by atoms with Crippen molar-refractivity contribution in [2.24, 2.45) is 5.92 Å². The number of likely N-dealkylation sites (tertiary alicyclic amines) is 1. The van der Waals surface area contributed by atoms with Gasteiger partial charge in [-0.3, -0.25) is 4.79 Å². The molecule has 2 fully saturated rings. The Morgan fingerprint density at radius 1 is 0.793 bits per heavy atom. The summed E-state index contributed by atoms with van der Waals surface area (Å²) in [6.07, 6.45) is 3.87. The summed E-state index contributed by atoms with van der Waals surface area (Å²) in [5.41, 5.74) is 4.01. The van der Waals surface area contributed by atoms with Gasteiger partial charge >= 0.3 is 0 Å². The van der Waals surface area contributed by atoms with E-state index >= 15 is 0 Å². The van der Waals surface area contributed by atoms with E-state index in [0.717, 1.165) is 25.8 Å². The number of carbonyl (C=O) groups is 1. The van der Waals surface area contributed by atoms with Crippen molar-refractivity contribution in [1.29, 1.82) is 0 Å². The molecule has 3 aromatic carbocycles. The van der Waals surface area contributed by atoms with Gasteiger partial charge in [0, 0.05) is 24.4 Å². The van der Waals surface area contributed by atoms with Gasteiger partial charge in [0.2, 0.25) is 5.91 Å². The Balaban J connectivity index is 1.46. The van der Waals surface area contributed by atoms with Gasteiger partial charge < -0.3 is 4.90 Å². The second-order valence-electron chi connectivity index (χ2n) is 8.60. The van der Waals surface area contributed by atoms with Crippen LogP contribution in [-0.4, -0.2) is 16.8 Å². The summed E-state index contributed by atoms with van der Waals surface area (Å²) in [6.45, 7) is 0.741. The molecular formula is C27H27NO. The molecule has 5 rings (SSSR count). The van der Waals surface area contributed by atoms with Gasteiger partial charge in [-0.05, 0) is 41.9 Å². The molecule has 1 amide bonds. The second-order valence-corrected chi connectivity index (χ2v) is 8.60. The van der Waals surface area contributed by atoms with Crippen molar-refractivity contribution in [2.45, 2.75) is 43.7 Å². The number of hydrogen-bond acceptors (Lipinski definition) is 1. The fraction of sp³-hybridized carbons (Fsp3) is 0.296. The molecule has 2 heteroatoms. The smallest absolute Gasteiger partial charge is 0.223 e. The average molecular weight is 382 g/mol. The van der Waals surface area contributed by atoms with Gasteiger partial charge in [0.05, 0.1) is 0 Å². The molecule has 29 heavy (non-hydrogen) atoms. The monoisotopic (exact) mass is 381 g/mol. The summed E-state index contributed by atoms with van der Waals surface area (Å²) in [4.78, 5) is 15.1. The highest BCUT2D eigenvalue weighted by molar-refractivity contribution is 5.79. The summed E-state index contributed by atoms with van der Waals surface area (Å²) in [5.74, 6) is 0.737. The Labute approximate surface area is 173 Å². The topological polar surface area (TPSA) is 20.3 Å². The highest BCUT2D eigenvalue weighted by atomic mass is 16.2. The van der Waals surface area contributed by atoms with Crippen LogP contribution >= 0.6 is 0 Å². The van der Waals surface area contributed by atoms with E-state index in [1.807, 2.05) is 6.07 Å². The minimum atomic E-state index is 0.00667. The van der Waals surface area contributed by atoms with Crippen LogP contribution in [0.25, 0.3) is 0 Å². The van der Waals surface area contributed by atoms with Crippen LogP contribution in [0.2, 0.25) is 0 Å². The highest BCUT2D eigenvalue weighted by Crippen LogP contribution is 2.51. The van der Waals surface area contributed by atoms with Crippen LogP contribution in [0.1, 0.15) is 42.4 Å². The molecule has 1 heterocycles. The van der Waals surface area contributed by atoms with Crippen molar-refractivity contribution in [3.05, 3.63) is 108 Å². The van der Waals surface area contributed by atoms with E-state index in [2.05, 4.69) is 89.8 Å². The third kappa shape index (κ3) is 3.27. The lowest BCUT2D eigenvalue weighted by Gasteiger charge is -2.45. The average Bonchev–Trinajstić information content (AvgIpc) is 3.09. The molecule has 0 spiro atoms. The molecule has 0 radical (unpaired) electrons. The Bertz CT molecular complexity index is 928. The van der Waals surface area contributed by atoms with Crippen molar-refractivity contribution >= 4 is 5.91 Å². The highest BCUT2D eigenvalue weighted by Gasteiger charge is 2.49. The van der Waals surface area contributed by atoms with E-state index in [-0.39, 0.29) is 5.41 Å². The number of benzene rings is 3. The van der Waals surface area contributed by atoms with Crippen molar-refractivity contribution < 1.29 is 4.79 Å². The van der Waals surface area contributed by atoms with Gasteiger partial charge in [0.1, 0.15) is 0 Å². The Hall–Kier alpha value is -2.87. The third-order valence-electron chi connectivity index (χ3n) is 7.03. The van der Waals surface area contributed by atoms with E-state index in [0.29, 0.717) is 24.3 Å². The van der Waals surface area contributed by atoms with E-state index < -0.39 is 0 Å². The zero-order chi connectivity index (χ0) is 19.7. The Morgan fingerprint density at radius 3 is 1.93 bits per heavy atom. The molecule has 0 N–H and O–H groups in total. The van der Waals surface area contributed by atoms with Gasteiger partial charge in [-0.2, -0.15) is 0 Å². The summed E-state index contributed by atoms with van der Waals surface area (Å²) < 4.78 is 0. The van der Waals surface area contributed by atoms with Crippen LogP contribution in [0, 0.1) is 5.92 Å². The van der Waals surface area contributed by atoms with E-state index in [1.165, 1.54) is 16.7 Å². The minimum Gasteiger partial charge on any atom is -0.335 e. The number of fused-ring (bicyclic) bond motifs is 1. The first-order valence-corrected chi connectivity index (χ1v) is 10.7. The third-order valence-corrected chi connectivity index (χ3v) is 7.03. The van der Waals surface area contributed by atoms with Crippen LogP contribution in [0.4, 0.5) is 0 Å². The van der Waals surface area contributed by atoms with Crippen LogP contribution in [-0.2, 0) is 16.8 Å². The maximum Gasteiger partial charge on any atom is 0.223 e. The Morgan fingerprint density at radius 2 is 1.34 bits per heavy atom. The molecule has 1 aliphatic carbocycles. The largest absolute Gasteiger partial charge is 0.335 e. The maximum atomic E-state index is 13.0. The SMILES string of the molecule is O=C1C[C@@H]2CC(c3ccccc3)(c3ccccc3)CC[C@@H]2N1Cc1ccccc1. The lowest BCUT2D eigenvalue weighted by Crippen LogP contribution is -2.43. The Kier molecular flexibility index (Phi) is 4.71. The molecule has 0 aromatic heterocycles. The zero-order valence-electron chi connectivity index (χ0n) is 16.7. The van der Waals surface area contributed by atoms with Gasteiger partial charge in [0.25, 0.3) is 0 Å². The summed E-state index contributed by atoms with van der Waals surface area (Å²) >= 11 is 0. The molecule has 1 saturated heterocycles. The molecule has 1 saturated carbocycles. The normalized spacial score (nSPS) is 23.0. The van der Waals surface area contributed by atoms with Crippen LogP contribution in [0.3, 0.4) is 0 Å². The van der Waals surface area contributed by atoms with Crippen molar-refractivity contribution in [2.75, 3.05) is 0 Å². The fourth-order valence-electron chi connectivity index (χ4n) is 5.65. The summed E-state index contributed by atoms with van der Waals surface area (Å²) in [6, 6.07) is 32.6. The fourth-order valence-corrected chi connectivity index (χ4v) is 5.65. The summed E-state index contributed by atoms with van der Waals surface area (Å²) in [7, 11) is 0. The van der Waals surface area contributed by atoms with Crippen LogP contribution < -0.4 is 0 Å². The van der Waals surface area contributed by atoms with Crippen LogP contribution in [0.15, 0.2) is 91.0 Å². The maximum absolute atomic E-state index is 13.0. The molecule has 2 atom stereocenters. The zero-order valence-corrected chi connectivity index (χ0v) is 16.7. The molecule has 146 valence electrons. The standard InChI is InChI=1S/C27H27NO/c29-26-18-22-19-27(23-12-6-2-7-13-23,24-14-8-3-9-15-24)17-16-25(22)28(26)20-21-10-4-1-5-11-21/h1-15,22,25H,16-20H2/t22-,25+/m1/s1. The summed E-state index contributed by atoms with van der Waals surface area (Å²) in [5, 5.41) is 0. The quantitative estimate of drug-likeness (QED) is 0.578. The lowest BCUT2D eigenvalue weighted by molar-refractivity contribution is -0.129. The van der Waals surface area contributed by atoms with Crippen molar-refractivity contribution in [3.63, 3.8) is 0 Å². The van der Waals surface area contributed by atoms with Gasteiger partial charge in [0.15, 0.2) is 0 Å². The van der Waals surface area contributed by atoms with Gasteiger partial charge in [-0.1, -0.05) is 91.0 Å². The molecule has 1 aliphatic heterocycles. The first-order valence-electron chi connectivity index (χ1n) is 10.7. The first kappa shape index (κ1) is 18.2. The van der Waals surface area contributed by atoms with Crippen LogP contribution in [0.5, 0.6) is 0 Å². The van der Waals surface area contributed by atoms with Crippen molar-refractivity contribution in [3.8, 4) is 0 Å². The van der Waals surface area contributed by atoms with E-state index in [4.69, 9.17) is 0 Å². The molecule has 3 aromatic rings.